The fourth-order valence-electron chi connectivity index (χ4n) is 2.93. The number of unbranched alkanes of at least 4 members (excludes halogenated alkanes) is 1. The van der Waals surface area contributed by atoms with E-state index in [0.29, 0.717) is 0 Å². The summed E-state index contributed by atoms with van der Waals surface area (Å²) < 4.78 is 0. The second-order valence-corrected chi connectivity index (χ2v) is 8.98. The minimum atomic E-state index is -0.701. The molecule has 3 nitrogen and oxygen atoms in total. The van der Waals surface area contributed by atoms with Crippen molar-refractivity contribution < 1.29 is 9.90 Å². The molecule has 4 heteroatoms. The Kier molecular flexibility index (Phi) is 7.42. The molecule has 2 aromatic rings. The van der Waals surface area contributed by atoms with Gasteiger partial charge in [-0.3, -0.25) is 9.69 Å². The maximum atomic E-state index is 10.6. The van der Waals surface area contributed by atoms with Crippen molar-refractivity contribution in [2.45, 2.75) is 58.9 Å². The number of benzene rings is 1. The molecule has 0 unspecified atom stereocenters. The summed E-state index contributed by atoms with van der Waals surface area (Å²) in [7, 11) is 0. The number of carbonyl (C=O) groups is 1. The standard InChI is InChI=1S/C22H31NO2S/c1-5-23(15-7-6-8-21(24)25)16-19-13-14-20(26-19)17-9-11-18(12-10-17)22(2,3)4/h9-14H,5-8,15-16H2,1-4H3,(H,24,25). The first kappa shape index (κ1) is 20.7. The number of nitrogens with zero attached hydrogens (tertiary/aromatic N) is 1. The highest BCUT2D eigenvalue weighted by atomic mass is 32.1. The summed E-state index contributed by atoms with van der Waals surface area (Å²) in [5.41, 5.74) is 2.82. The summed E-state index contributed by atoms with van der Waals surface area (Å²) in [6, 6.07) is 13.3. The number of carboxylic acid groups (broad SMARTS) is 1. The topological polar surface area (TPSA) is 40.5 Å². The summed E-state index contributed by atoms with van der Waals surface area (Å²) in [5.74, 6) is -0.701. The maximum Gasteiger partial charge on any atom is 0.303 e. The van der Waals surface area contributed by atoms with Crippen LogP contribution in [0.3, 0.4) is 0 Å². The molecule has 1 N–H and O–H groups in total. The zero-order chi connectivity index (χ0) is 19.2. The summed E-state index contributed by atoms with van der Waals surface area (Å²) in [6.07, 6.45) is 1.96. The van der Waals surface area contributed by atoms with E-state index in [1.165, 1.54) is 20.9 Å². The van der Waals surface area contributed by atoms with Crippen LogP contribution in [0.2, 0.25) is 0 Å². The molecule has 1 aromatic heterocycles. The van der Waals surface area contributed by atoms with Crippen molar-refractivity contribution in [3.8, 4) is 10.4 Å². The van der Waals surface area contributed by atoms with Crippen LogP contribution in [0.1, 0.15) is 57.4 Å². The van der Waals surface area contributed by atoms with Gasteiger partial charge in [-0.15, -0.1) is 11.3 Å². The van der Waals surface area contributed by atoms with E-state index in [1.54, 1.807) is 0 Å². The van der Waals surface area contributed by atoms with Gasteiger partial charge in [0.05, 0.1) is 0 Å². The van der Waals surface area contributed by atoms with Gasteiger partial charge in [-0.25, -0.2) is 0 Å². The Morgan fingerprint density at radius 3 is 2.35 bits per heavy atom. The molecule has 0 bridgehead atoms. The third-order valence-electron chi connectivity index (χ3n) is 4.64. The van der Waals surface area contributed by atoms with E-state index in [4.69, 9.17) is 5.11 Å². The number of rotatable bonds is 9. The van der Waals surface area contributed by atoms with E-state index in [1.807, 2.05) is 11.3 Å². The molecule has 0 saturated heterocycles. The molecule has 26 heavy (non-hydrogen) atoms. The van der Waals surface area contributed by atoms with Gasteiger partial charge in [-0.1, -0.05) is 52.0 Å². The molecule has 0 spiro atoms. The van der Waals surface area contributed by atoms with Crippen LogP contribution in [0.15, 0.2) is 36.4 Å². The second kappa shape index (κ2) is 9.33. The van der Waals surface area contributed by atoms with Crippen LogP contribution in [0.4, 0.5) is 0 Å². The van der Waals surface area contributed by atoms with Crippen molar-refractivity contribution in [1.82, 2.24) is 4.90 Å². The number of aliphatic carboxylic acids is 1. The first-order valence-electron chi connectivity index (χ1n) is 9.43. The van der Waals surface area contributed by atoms with Crippen LogP contribution >= 0.6 is 11.3 Å². The van der Waals surface area contributed by atoms with E-state index in [9.17, 15) is 4.79 Å². The number of hydrogen-bond acceptors (Lipinski definition) is 3. The van der Waals surface area contributed by atoms with Crippen molar-refractivity contribution in [1.29, 1.82) is 0 Å². The molecule has 0 fully saturated rings. The van der Waals surface area contributed by atoms with Gasteiger partial charge in [0.1, 0.15) is 0 Å². The lowest BCUT2D eigenvalue weighted by Crippen LogP contribution is -2.23. The highest BCUT2D eigenvalue weighted by Crippen LogP contribution is 2.31. The Morgan fingerprint density at radius 1 is 1.08 bits per heavy atom. The van der Waals surface area contributed by atoms with E-state index < -0.39 is 5.97 Å². The monoisotopic (exact) mass is 373 g/mol. The quantitative estimate of drug-likeness (QED) is 0.566. The minimum Gasteiger partial charge on any atom is -0.481 e. The first-order valence-corrected chi connectivity index (χ1v) is 10.2. The zero-order valence-corrected chi connectivity index (χ0v) is 17.2. The Bertz CT molecular complexity index is 698. The summed E-state index contributed by atoms with van der Waals surface area (Å²) in [4.78, 5) is 15.7. The lowest BCUT2D eigenvalue weighted by Gasteiger charge is -2.19. The third kappa shape index (κ3) is 6.26. The maximum absolute atomic E-state index is 10.6. The smallest absolute Gasteiger partial charge is 0.303 e. The van der Waals surface area contributed by atoms with Crippen LogP contribution in [0.5, 0.6) is 0 Å². The SMILES string of the molecule is CCN(CCCCC(=O)O)Cc1ccc(-c2ccc(C(C)(C)C)cc2)s1. The average molecular weight is 374 g/mol. The Balaban J connectivity index is 1.94. The van der Waals surface area contributed by atoms with Gasteiger partial charge in [0.2, 0.25) is 0 Å². The minimum absolute atomic E-state index is 0.182. The van der Waals surface area contributed by atoms with Gasteiger partial charge in [-0.05, 0) is 54.6 Å². The predicted octanol–water partition coefficient (Wildman–Crippen LogP) is 5.79. The fraction of sp³-hybridized carbons (Fsp3) is 0.500. The van der Waals surface area contributed by atoms with Gasteiger partial charge < -0.3 is 5.11 Å². The highest BCUT2D eigenvalue weighted by molar-refractivity contribution is 7.15. The highest BCUT2D eigenvalue weighted by Gasteiger charge is 2.14. The molecule has 2 rings (SSSR count). The molecule has 0 aliphatic heterocycles. The van der Waals surface area contributed by atoms with E-state index in [-0.39, 0.29) is 11.8 Å². The van der Waals surface area contributed by atoms with Crippen molar-refractivity contribution in [2.24, 2.45) is 0 Å². The van der Waals surface area contributed by atoms with Crippen LogP contribution < -0.4 is 0 Å². The molecule has 1 heterocycles. The molecule has 0 atom stereocenters. The first-order chi connectivity index (χ1) is 12.3. The molecule has 0 amide bonds. The molecular weight excluding hydrogens is 342 g/mol. The van der Waals surface area contributed by atoms with Crippen LogP contribution in [0, 0.1) is 0 Å². The van der Waals surface area contributed by atoms with E-state index in [0.717, 1.165) is 32.5 Å². The average Bonchev–Trinajstić information content (AvgIpc) is 3.05. The van der Waals surface area contributed by atoms with Gasteiger partial charge in [0, 0.05) is 22.7 Å². The van der Waals surface area contributed by atoms with Gasteiger partial charge in [0.15, 0.2) is 0 Å². The van der Waals surface area contributed by atoms with Crippen molar-refractivity contribution in [3.63, 3.8) is 0 Å². The van der Waals surface area contributed by atoms with Gasteiger partial charge >= 0.3 is 5.97 Å². The molecular formula is C22H31NO2S. The molecule has 0 aliphatic rings. The molecule has 1 aromatic carbocycles. The van der Waals surface area contributed by atoms with Crippen molar-refractivity contribution >= 4 is 17.3 Å². The predicted molar refractivity (Wildman–Crippen MR) is 111 cm³/mol. The Hall–Kier alpha value is -1.65. The Morgan fingerprint density at radius 2 is 1.77 bits per heavy atom. The number of carboxylic acids is 1. The second-order valence-electron chi connectivity index (χ2n) is 7.81. The van der Waals surface area contributed by atoms with Crippen LogP contribution in [-0.4, -0.2) is 29.1 Å². The van der Waals surface area contributed by atoms with Crippen molar-refractivity contribution in [2.75, 3.05) is 13.1 Å². The Labute approximate surface area is 161 Å². The normalized spacial score (nSPS) is 11.9. The summed E-state index contributed by atoms with van der Waals surface area (Å²) in [6.45, 7) is 11.8. The van der Waals surface area contributed by atoms with Gasteiger partial charge in [-0.2, -0.15) is 0 Å². The molecule has 142 valence electrons. The van der Waals surface area contributed by atoms with Crippen LogP contribution in [0.25, 0.3) is 10.4 Å². The third-order valence-corrected chi connectivity index (χ3v) is 5.76. The largest absolute Gasteiger partial charge is 0.481 e. The van der Waals surface area contributed by atoms with Crippen LogP contribution in [-0.2, 0) is 16.8 Å². The summed E-state index contributed by atoms with van der Waals surface area (Å²) in [5, 5.41) is 8.73. The fourth-order valence-corrected chi connectivity index (χ4v) is 3.99. The number of thiophene rings is 1. The van der Waals surface area contributed by atoms with Crippen molar-refractivity contribution in [3.05, 3.63) is 46.8 Å². The molecule has 0 saturated carbocycles. The lowest BCUT2D eigenvalue weighted by atomic mass is 9.86. The van der Waals surface area contributed by atoms with E-state index >= 15 is 0 Å². The van der Waals surface area contributed by atoms with Gasteiger partial charge in [0.25, 0.3) is 0 Å². The molecule has 0 radical (unpaired) electrons. The summed E-state index contributed by atoms with van der Waals surface area (Å²) >= 11 is 1.85. The number of hydrogen-bond donors (Lipinski definition) is 1. The molecule has 0 aliphatic carbocycles. The lowest BCUT2D eigenvalue weighted by molar-refractivity contribution is -0.137. The zero-order valence-electron chi connectivity index (χ0n) is 16.4. The van der Waals surface area contributed by atoms with E-state index in [2.05, 4.69) is 69.0 Å².